The van der Waals surface area contributed by atoms with Crippen LogP contribution in [0.25, 0.3) is 22.3 Å². The molecule has 2 saturated carbocycles. The van der Waals surface area contributed by atoms with Crippen molar-refractivity contribution >= 4 is 47.8 Å². The number of rotatable bonds is 62. The van der Waals surface area contributed by atoms with Gasteiger partial charge in [0.25, 0.3) is 0 Å². The first-order valence-corrected chi connectivity index (χ1v) is 48.8. The Morgan fingerprint density at radius 2 is 0.592 bits per heavy atom. The molecule has 7 aromatic rings. The number of benzene rings is 7. The summed E-state index contributed by atoms with van der Waals surface area (Å²) in [5.41, 5.74) is 2.20. The van der Waals surface area contributed by atoms with Crippen LogP contribution in [0.1, 0.15) is 339 Å². The molecule has 130 heavy (non-hydrogen) atoms. The van der Waals surface area contributed by atoms with E-state index in [1.165, 1.54) is 113 Å². The molecular formula is C110H142O20. The molecule has 2 aliphatic carbocycles. The summed E-state index contributed by atoms with van der Waals surface area (Å²) < 4.78 is 72.7. The lowest BCUT2D eigenvalue weighted by Crippen LogP contribution is -2.26. The Hall–Kier alpha value is -11.0. The SMILES string of the molecule is C=CC(=O)OCCCCCCOc1ccc(C(=O)Oc2ccc(OC(=O)C3CCC(CCCCCCC)CC3)c(C(=O)Oc3cc(-c4ccc(-c5ccc(OCCCCCCCCC)cc5)c(OC(=O)c5cc(OC(=O)c6ccc(OCCCCCCOC(=O)C=C)cc6)ccc5OC(=O)C5CCC(CCCCCCC)CC5)c4)ccc3OCCCCCCCCC)c2)cc1. The Bertz CT molecular complexity index is 4610. The van der Waals surface area contributed by atoms with Crippen LogP contribution in [0.15, 0.2) is 171 Å². The molecule has 0 unspecified atom stereocenters. The van der Waals surface area contributed by atoms with Gasteiger partial charge in [-0.1, -0.05) is 225 Å². The van der Waals surface area contributed by atoms with Crippen LogP contribution in [0.4, 0.5) is 0 Å². The topological polar surface area (TPSA) is 247 Å². The average Bonchev–Trinajstić information content (AvgIpc) is 0.789. The van der Waals surface area contributed by atoms with Crippen molar-refractivity contribution in [3.63, 3.8) is 0 Å². The second-order valence-corrected chi connectivity index (χ2v) is 34.7. The highest BCUT2D eigenvalue weighted by molar-refractivity contribution is 5.99. The molecule has 2 aliphatic rings. The number of carbonyl (C=O) groups excluding carboxylic acids is 8. The van der Waals surface area contributed by atoms with Gasteiger partial charge in [-0.25, -0.2) is 28.8 Å². The molecule has 0 aromatic heterocycles. The molecule has 0 saturated heterocycles. The summed E-state index contributed by atoms with van der Waals surface area (Å²) in [6.07, 6.45) is 44.1. The molecular weight excluding hydrogens is 1640 g/mol. The Morgan fingerprint density at radius 3 is 0.985 bits per heavy atom. The van der Waals surface area contributed by atoms with Crippen molar-refractivity contribution in [2.24, 2.45) is 23.7 Å². The lowest BCUT2D eigenvalue weighted by atomic mass is 9.80. The smallest absolute Gasteiger partial charge is 0.347 e. The van der Waals surface area contributed by atoms with Crippen LogP contribution in [0.3, 0.4) is 0 Å². The van der Waals surface area contributed by atoms with Crippen LogP contribution in [-0.2, 0) is 28.7 Å². The maximum atomic E-state index is 15.6. The zero-order valence-corrected chi connectivity index (χ0v) is 77.8. The Balaban J connectivity index is 1.03. The van der Waals surface area contributed by atoms with Crippen molar-refractivity contribution in [1.82, 2.24) is 0 Å². The van der Waals surface area contributed by atoms with Crippen LogP contribution < -0.4 is 47.4 Å². The summed E-state index contributed by atoms with van der Waals surface area (Å²) in [7, 11) is 0. The zero-order chi connectivity index (χ0) is 92.1. The van der Waals surface area contributed by atoms with Crippen molar-refractivity contribution in [2.75, 3.05) is 39.6 Å². The van der Waals surface area contributed by atoms with Crippen LogP contribution in [0.2, 0.25) is 0 Å². The second-order valence-electron chi connectivity index (χ2n) is 34.7. The van der Waals surface area contributed by atoms with Gasteiger partial charge < -0.3 is 56.8 Å². The van der Waals surface area contributed by atoms with E-state index in [2.05, 4.69) is 40.9 Å². The number of ether oxygens (including phenoxy) is 12. The van der Waals surface area contributed by atoms with Crippen molar-refractivity contribution in [2.45, 2.75) is 297 Å². The van der Waals surface area contributed by atoms with Gasteiger partial charge in [0.1, 0.15) is 57.1 Å². The number of hydrogen-bond acceptors (Lipinski definition) is 20. The quantitative estimate of drug-likeness (QED) is 0.0149. The summed E-state index contributed by atoms with van der Waals surface area (Å²) >= 11 is 0. The first kappa shape index (κ1) is 103. The van der Waals surface area contributed by atoms with E-state index in [1.807, 2.05) is 42.5 Å². The van der Waals surface area contributed by atoms with Gasteiger partial charge >= 0.3 is 47.8 Å². The normalized spacial score (nSPS) is 14.7. The maximum absolute atomic E-state index is 15.6. The third-order valence-electron chi connectivity index (χ3n) is 24.4. The van der Waals surface area contributed by atoms with Gasteiger partial charge in [-0.05, 0) is 259 Å². The lowest BCUT2D eigenvalue weighted by Gasteiger charge is -2.27. The van der Waals surface area contributed by atoms with Crippen molar-refractivity contribution in [3.05, 3.63) is 193 Å². The number of esters is 8. The molecule has 0 aliphatic heterocycles. The number of hydrogen-bond donors (Lipinski definition) is 0. The Kier molecular flexibility index (Phi) is 46.9. The molecule has 0 bridgehead atoms. The highest BCUT2D eigenvalue weighted by Gasteiger charge is 2.33. The average molecular weight is 1780 g/mol. The minimum atomic E-state index is -0.946. The fourth-order valence-corrected chi connectivity index (χ4v) is 16.6. The maximum Gasteiger partial charge on any atom is 0.347 e. The molecule has 0 atom stereocenters. The minimum absolute atomic E-state index is 0.00465. The molecule has 0 radical (unpaired) electrons. The van der Waals surface area contributed by atoms with Gasteiger partial charge in [0.05, 0.1) is 62.6 Å². The van der Waals surface area contributed by atoms with E-state index in [0.29, 0.717) is 123 Å². The van der Waals surface area contributed by atoms with E-state index in [-0.39, 0.29) is 62.5 Å². The van der Waals surface area contributed by atoms with Crippen LogP contribution >= 0.6 is 0 Å². The first-order valence-electron chi connectivity index (χ1n) is 48.8. The standard InChI is InChI=1S/C110H142O20/c1-7-13-17-21-23-27-35-71-119-90-59-51-83(52-60-90)95-67-57-88(77-101(95)129-109(117)96-79-93(65-69-98(96)127-107(115)84-47-43-81(44-48-84)41-33-25-19-15-9-3)125-105(113)86-53-61-91(62-54-86)120-72-36-29-31-39-75-123-103(111)11-5)89-58-68-100(122-74-38-28-24-22-18-14-8-2)102(78-89)130-110(118)97-80-94(66-70-99(97)128-108(116)85-49-45-82(46-50-85)42-34-26-20-16-10-4)126-106(114)87-55-63-92(64-56-87)121-73-37-30-32-40-76-124-104(112)12-6/h11-12,51-70,77-82,84-85H,5-10,13-50,71-76H2,1-4H3. The lowest BCUT2D eigenvalue weighted by molar-refractivity contribution is -0.141. The van der Waals surface area contributed by atoms with Crippen LogP contribution in [-0.4, -0.2) is 87.4 Å². The molecule has 0 N–H and O–H groups in total. The fourth-order valence-electron chi connectivity index (χ4n) is 16.6. The Morgan fingerprint density at radius 1 is 0.277 bits per heavy atom. The van der Waals surface area contributed by atoms with Crippen molar-refractivity contribution < 1.29 is 95.2 Å². The summed E-state index contributed by atoms with van der Waals surface area (Å²) in [4.78, 5) is 111. The molecule has 7 aromatic carbocycles. The van der Waals surface area contributed by atoms with Gasteiger partial charge in [-0.15, -0.1) is 0 Å². The third kappa shape index (κ3) is 36.7. The second kappa shape index (κ2) is 59.3. The van der Waals surface area contributed by atoms with E-state index < -0.39 is 59.6 Å². The predicted octanol–water partition coefficient (Wildman–Crippen LogP) is 27.6. The van der Waals surface area contributed by atoms with E-state index >= 15 is 9.59 Å². The molecule has 2 fully saturated rings. The summed E-state index contributed by atoms with van der Waals surface area (Å²) in [5.74, 6) is -3.09. The van der Waals surface area contributed by atoms with E-state index in [4.69, 9.17) is 56.8 Å². The highest BCUT2D eigenvalue weighted by Crippen LogP contribution is 2.43. The molecule has 0 spiro atoms. The zero-order valence-electron chi connectivity index (χ0n) is 77.8. The monoisotopic (exact) mass is 1780 g/mol. The molecule has 702 valence electrons. The molecule has 20 heteroatoms. The Labute approximate surface area is 772 Å². The predicted molar refractivity (Wildman–Crippen MR) is 509 cm³/mol. The molecule has 0 heterocycles. The van der Waals surface area contributed by atoms with Crippen LogP contribution in [0, 0.1) is 23.7 Å². The van der Waals surface area contributed by atoms with E-state index in [9.17, 15) is 28.8 Å². The van der Waals surface area contributed by atoms with Gasteiger partial charge in [0, 0.05) is 17.7 Å². The van der Waals surface area contributed by atoms with E-state index in [0.717, 1.165) is 173 Å². The van der Waals surface area contributed by atoms with E-state index in [1.54, 1.807) is 66.7 Å². The third-order valence-corrected chi connectivity index (χ3v) is 24.4. The summed E-state index contributed by atoms with van der Waals surface area (Å²) in [5, 5.41) is 0. The fraction of sp³-hybridized carbons (Fsp3) is 0.509. The van der Waals surface area contributed by atoms with Gasteiger partial charge in [0.15, 0.2) is 11.5 Å². The molecule has 9 rings (SSSR count). The first-order chi connectivity index (χ1) is 63.5. The van der Waals surface area contributed by atoms with Gasteiger partial charge in [-0.2, -0.15) is 0 Å². The van der Waals surface area contributed by atoms with Crippen molar-refractivity contribution in [3.8, 4) is 79.7 Å². The minimum Gasteiger partial charge on any atom is -0.494 e. The summed E-state index contributed by atoms with van der Waals surface area (Å²) in [6.45, 7) is 18.0. The largest absolute Gasteiger partial charge is 0.494 e. The molecule has 20 nitrogen and oxygen atoms in total. The van der Waals surface area contributed by atoms with Gasteiger partial charge in [-0.3, -0.25) is 9.59 Å². The number of carbonyl (C=O) groups is 8. The van der Waals surface area contributed by atoms with Crippen molar-refractivity contribution in [1.29, 1.82) is 0 Å². The molecule has 0 amide bonds. The highest BCUT2D eigenvalue weighted by atomic mass is 16.6. The van der Waals surface area contributed by atoms with Crippen LogP contribution in [0.5, 0.6) is 57.5 Å². The summed E-state index contributed by atoms with van der Waals surface area (Å²) in [6, 6.07) is 39.7. The number of unbranched alkanes of at least 4 members (excludes halogenated alkanes) is 26. The van der Waals surface area contributed by atoms with Gasteiger partial charge in [0.2, 0.25) is 0 Å².